The van der Waals surface area contributed by atoms with Crippen LogP contribution in [-0.2, 0) is 13.0 Å². The van der Waals surface area contributed by atoms with Gasteiger partial charge in [-0.1, -0.05) is 51.3 Å². The van der Waals surface area contributed by atoms with Crippen molar-refractivity contribution in [1.29, 1.82) is 0 Å². The molecule has 0 radical (unpaired) electrons. The quantitative estimate of drug-likeness (QED) is 0.371. The first-order valence-corrected chi connectivity index (χ1v) is 14.8. The Hall–Kier alpha value is -2.30. The Balaban J connectivity index is 1.20. The fourth-order valence-corrected chi connectivity index (χ4v) is 7.36. The summed E-state index contributed by atoms with van der Waals surface area (Å²) in [5, 5.41) is 12.6. The zero-order chi connectivity index (χ0) is 25.5. The monoisotopic (exact) mass is 500 g/mol. The van der Waals surface area contributed by atoms with Crippen LogP contribution in [0.25, 0.3) is 10.9 Å². The van der Waals surface area contributed by atoms with Gasteiger partial charge in [-0.2, -0.15) is 0 Å². The number of ether oxygens (including phenoxy) is 1. The third-order valence-electron chi connectivity index (χ3n) is 9.25. The molecule has 4 nitrogen and oxygen atoms in total. The molecule has 6 rings (SSSR count). The van der Waals surface area contributed by atoms with Crippen LogP contribution in [0.4, 0.5) is 0 Å². The van der Waals surface area contributed by atoms with E-state index in [2.05, 4.69) is 66.6 Å². The van der Waals surface area contributed by atoms with Crippen molar-refractivity contribution < 1.29 is 9.84 Å². The second kappa shape index (κ2) is 10.5. The van der Waals surface area contributed by atoms with Crippen LogP contribution in [-0.4, -0.2) is 40.4 Å². The highest BCUT2D eigenvalue weighted by Gasteiger charge is 2.35. The van der Waals surface area contributed by atoms with Crippen molar-refractivity contribution in [2.75, 3.05) is 19.7 Å². The van der Waals surface area contributed by atoms with Gasteiger partial charge in [-0.15, -0.1) is 0 Å². The fraction of sp³-hybridized carbons (Fsp3) is 0.576. The van der Waals surface area contributed by atoms with E-state index in [9.17, 15) is 5.11 Å². The molecule has 2 heterocycles. The highest BCUT2D eigenvalue weighted by atomic mass is 16.5. The third kappa shape index (κ3) is 4.83. The van der Waals surface area contributed by atoms with E-state index in [0.29, 0.717) is 25.1 Å². The van der Waals surface area contributed by atoms with Crippen molar-refractivity contribution in [2.45, 2.75) is 103 Å². The van der Waals surface area contributed by atoms with Crippen LogP contribution in [0.15, 0.2) is 36.4 Å². The van der Waals surface area contributed by atoms with E-state index >= 15 is 0 Å². The first-order chi connectivity index (χ1) is 18.0. The summed E-state index contributed by atoms with van der Waals surface area (Å²) in [5.41, 5.74) is 8.52. The van der Waals surface area contributed by atoms with Crippen LogP contribution in [0, 0.1) is 6.92 Å². The number of hydrogen-bond donors (Lipinski definition) is 1. The summed E-state index contributed by atoms with van der Waals surface area (Å²) < 4.78 is 8.81. The maximum atomic E-state index is 11.1. The summed E-state index contributed by atoms with van der Waals surface area (Å²) in [6.07, 6.45) is 9.98. The van der Waals surface area contributed by atoms with Gasteiger partial charge in [-0.25, -0.2) is 0 Å². The van der Waals surface area contributed by atoms with E-state index in [-0.39, 0.29) is 0 Å². The standard InChI is InChI=1S/C33H44N2O2/c1-22(2)27-14-12-23(3)18-32(27)37-21-26(36)20-34-16-17-35-30-15-13-25(24-8-5-4-6-9-24)19-29(30)28-10-7-11-31(34)33(28)35/h12-15,18-19,22,24,26,31,36H,4-11,16-17,20-21H2,1-3H3/t26-,31+/m1/s1. The van der Waals surface area contributed by atoms with Crippen LogP contribution in [0.1, 0.15) is 105 Å². The summed E-state index contributed by atoms with van der Waals surface area (Å²) in [6.45, 7) is 9.49. The van der Waals surface area contributed by atoms with Crippen molar-refractivity contribution in [3.8, 4) is 5.75 Å². The van der Waals surface area contributed by atoms with Crippen LogP contribution in [0.2, 0.25) is 0 Å². The van der Waals surface area contributed by atoms with Gasteiger partial charge in [0, 0.05) is 36.2 Å². The molecule has 2 aliphatic carbocycles. The van der Waals surface area contributed by atoms with Crippen LogP contribution in [0.5, 0.6) is 5.75 Å². The number of benzene rings is 2. The van der Waals surface area contributed by atoms with Gasteiger partial charge in [0.05, 0.1) is 6.04 Å². The van der Waals surface area contributed by atoms with Gasteiger partial charge in [0.1, 0.15) is 18.5 Å². The minimum atomic E-state index is -0.500. The lowest BCUT2D eigenvalue weighted by molar-refractivity contribution is 0.0372. The minimum absolute atomic E-state index is 0.340. The Morgan fingerprint density at radius 2 is 1.81 bits per heavy atom. The van der Waals surface area contributed by atoms with E-state index in [1.807, 2.05) is 0 Å². The number of aryl methyl sites for hydroxylation is 2. The van der Waals surface area contributed by atoms with E-state index in [0.717, 1.165) is 24.8 Å². The molecule has 1 fully saturated rings. The highest BCUT2D eigenvalue weighted by molar-refractivity contribution is 5.87. The predicted molar refractivity (Wildman–Crippen MR) is 152 cm³/mol. The number of aromatic nitrogens is 1. The van der Waals surface area contributed by atoms with E-state index < -0.39 is 6.10 Å². The molecule has 1 saturated carbocycles. The molecule has 4 heteroatoms. The van der Waals surface area contributed by atoms with Crippen molar-refractivity contribution in [2.24, 2.45) is 0 Å². The van der Waals surface area contributed by atoms with Crippen molar-refractivity contribution in [3.63, 3.8) is 0 Å². The third-order valence-corrected chi connectivity index (χ3v) is 9.25. The number of rotatable bonds is 7. The Kier molecular flexibility index (Phi) is 7.07. The molecule has 1 aromatic heterocycles. The van der Waals surface area contributed by atoms with Gasteiger partial charge in [-0.05, 0) is 91.3 Å². The average molecular weight is 501 g/mol. The molecule has 1 N–H and O–H groups in total. The van der Waals surface area contributed by atoms with Gasteiger partial charge in [0.15, 0.2) is 0 Å². The van der Waals surface area contributed by atoms with Gasteiger partial charge in [0.2, 0.25) is 0 Å². The summed E-state index contributed by atoms with van der Waals surface area (Å²) >= 11 is 0. The summed E-state index contributed by atoms with van der Waals surface area (Å²) in [5.74, 6) is 2.07. The molecule has 0 saturated heterocycles. The van der Waals surface area contributed by atoms with Gasteiger partial charge < -0.3 is 14.4 Å². The van der Waals surface area contributed by atoms with Crippen molar-refractivity contribution in [1.82, 2.24) is 9.47 Å². The summed E-state index contributed by atoms with van der Waals surface area (Å²) in [6, 6.07) is 14.2. The lowest BCUT2D eigenvalue weighted by atomic mass is 9.83. The number of aliphatic hydroxyl groups excluding tert-OH is 1. The van der Waals surface area contributed by atoms with Gasteiger partial charge in [0.25, 0.3) is 0 Å². The minimum Gasteiger partial charge on any atom is -0.491 e. The fourth-order valence-electron chi connectivity index (χ4n) is 7.36. The van der Waals surface area contributed by atoms with Gasteiger partial charge in [-0.3, -0.25) is 4.90 Å². The SMILES string of the molecule is Cc1ccc(C(C)C)c(OC[C@H](O)CN2CCn3c4c(c5cc(C6CCCCC6)ccc53)CCC[C@@H]42)c1. The van der Waals surface area contributed by atoms with Crippen molar-refractivity contribution in [3.05, 3.63) is 64.3 Å². The maximum absolute atomic E-state index is 11.1. The van der Waals surface area contributed by atoms with Crippen LogP contribution < -0.4 is 4.74 Å². The Bertz CT molecular complexity index is 1250. The van der Waals surface area contributed by atoms with Crippen LogP contribution in [0.3, 0.4) is 0 Å². The highest BCUT2D eigenvalue weighted by Crippen LogP contribution is 2.44. The zero-order valence-corrected chi connectivity index (χ0v) is 23.0. The van der Waals surface area contributed by atoms with Gasteiger partial charge >= 0.3 is 0 Å². The van der Waals surface area contributed by atoms with E-state index in [4.69, 9.17) is 4.74 Å². The molecule has 198 valence electrons. The molecule has 0 spiro atoms. The molecule has 37 heavy (non-hydrogen) atoms. The number of β-amino-alcohol motifs (C(OH)–C–C–N with tert-alkyl or cyclic N) is 1. The molecule has 2 atom stereocenters. The maximum Gasteiger partial charge on any atom is 0.123 e. The summed E-state index contributed by atoms with van der Waals surface area (Å²) in [4.78, 5) is 2.53. The molecule has 3 aliphatic rings. The molecular formula is C33H44N2O2. The second-order valence-electron chi connectivity index (χ2n) is 12.2. The number of nitrogens with zero attached hydrogens (tertiary/aromatic N) is 2. The number of hydrogen-bond acceptors (Lipinski definition) is 3. The first kappa shape index (κ1) is 25.0. The average Bonchev–Trinajstić information content (AvgIpc) is 3.23. The predicted octanol–water partition coefficient (Wildman–Crippen LogP) is 7.25. The Morgan fingerprint density at radius 3 is 2.62 bits per heavy atom. The molecule has 0 amide bonds. The van der Waals surface area contributed by atoms with E-state index in [1.165, 1.54) is 79.1 Å². The molecule has 0 bridgehead atoms. The number of fused-ring (bicyclic) bond motifs is 3. The normalized spacial score (nSPS) is 21.4. The van der Waals surface area contributed by atoms with Crippen LogP contribution >= 0.6 is 0 Å². The topological polar surface area (TPSA) is 37.6 Å². The largest absolute Gasteiger partial charge is 0.491 e. The Morgan fingerprint density at radius 1 is 0.973 bits per heavy atom. The number of aliphatic hydroxyl groups is 1. The van der Waals surface area contributed by atoms with Crippen molar-refractivity contribution >= 4 is 10.9 Å². The molecule has 1 aliphatic heterocycles. The smallest absolute Gasteiger partial charge is 0.123 e. The Labute approximate surface area is 222 Å². The molecule has 0 unspecified atom stereocenters. The molecular weight excluding hydrogens is 456 g/mol. The lowest BCUT2D eigenvalue weighted by Gasteiger charge is -2.40. The van der Waals surface area contributed by atoms with E-state index in [1.54, 1.807) is 11.1 Å². The first-order valence-electron chi connectivity index (χ1n) is 14.8. The lowest BCUT2D eigenvalue weighted by Crippen LogP contribution is -2.44. The zero-order valence-electron chi connectivity index (χ0n) is 23.0. The summed E-state index contributed by atoms with van der Waals surface area (Å²) in [7, 11) is 0. The second-order valence-corrected chi connectivity index (χ2v) is 12.2. The molecule has 2 aromatic carbocycles. The molecule has 3 aromatic rings.